The first-order valence-electron chi connectivity index (χ1n) is 6.20. The van der Waals surface area contributed by atoms with Crippen molar-refractivity contribution in [2.45, 2.75) is 6.54 Å². The van der Waals surface area contributed by atoms with E-state index in [0.29, 0.717) is 11.4 Å². The van der Waals surface area contributed by atoms with Crippen LogP contribution in [0.25, 0.3) is 0 Å². The Kier molecular flexibility index (Phi) is 4.27. The number of hydrogen-bond acceptors (Lipinski definition) is 4. The third-order valence-electron chi connectivity index (χ3n) is 2.94. The standard InChI is InChI=1S/C15H15FN2O3/c1-21-14-5-2-9(6-13(14)17)8-18-15(20)11-4-3-10(19)7-12(11)16/h2-7,19H,8,17H2,1H3,(H,18,20). The summed E-state index contributed by atoms with van der Waals surface area (Å²) < 4.78 is 18.6. The first-order chi connectivity index (χ1) is 10.0. The van der Waals surface area contributed by atoms with Crippen molar-refractivity contribution in [3.8, 4) is 11.5 Å². The van der Waals surface area contributed by atoms with Crippen molar-refractivity contribution in [1.29, 1.82) is 0 Å². The maximum absolute atomic E-state index is 13.5. The number of ether oxygens (including phenoxy) is 1. The molecule has 0 aliphatic carbocycles. The van der Waals surface area contributed by atoms with Crippen LogP contribution in [0.15, 0.2) is 36.4 Å². The van der Waals surface area contributed by atoms with E-state index in [4.69, 9.17) is 15.6 Å². The van der Waals surface area contributed by atoms with Crippen molar-refractivity contribution in [1.82, 2.24) is 5.32 Å². The van der Waals surface area contributed by atoms with Crippen LogP contribution in [-0.2, 0) is 6.54 Å². The SMILES string of the molecule is COc1ccc(CNC(=O)c2ccc(O)cc2F)cc1N. The van der Waals surface area contributed by atoms with Crippen LogP contribution in [0.2, 0.25) is 0 Å². The fourth-order valence-electron chi connectivity index (χ4n) is 1.86. The van der Waals surface area contributed by atoms with Crippen molar-refractivity contribution < 1.29 is 19.0 Å². The average Bonchev–Trinajstić information content (AvgIpc) is 2.45. The number of benzene rings is 2. The zero-order valence-corrected chi connectivity index (χ0v) is 11.4. The maximum atomic E-state index is 13.5. The molecule has 0 heterocycles. The summed E-state index contributed by atoms with van der Waals surface area (Å²) in [6, 6.07) is 8.49. The van der Waals surface area contributed by atoms with E-state index in [9.17, 15) is 9.18 Å². The summed E-state index contributed by atoms with van der Waals surface area (Å²) in [5.41, 5.74) is 6.86. The van der Waals surface area contributed by atoms with Gasteiger partial charge in [0, 0.05) is 12.6 Å². The number of nitrogens with one attached hydrogen (secondary N) is 1. The van der Waals surface area contributed by atoms with Crippen molar-refractivity contribution in [2.75, 3.05) is 12.8 Å². The van der Waals surface area contributed by atoms with Gasteiger partial charge in [0.2, 0.25) is 0 Å². The lowest BCUT2D eigenvalue weighted by Crippen LogP contribution is -2.23. The summed E-state index contributed by atoms with van der Waals surface area (Å²) in [4.78, 5) is 11.9. The summed E-state index contributed by atoms with van der Waals surface area (Å²) >= 11 is 0. The first-order valence-corrected chi connectivity index (χ1v) is 6.20. The molecule has 0 saturated heterocycles. The molecule has 0 saturated carbocycles. The van der Waals surface area contributed by atoms with Crippen LogP contribution in [0.3, 0.4) is 0 Å². The fourth-order valence-corrected chi connectivity index (χ4v) is 1.86. The molecule has 0 aliphatic rings. The lowest BCUT2D eigenvalue weighted by Gasteiger charge is -2.09. The number of nitrogen functional groups attached to an aromatic ring is 1. The van der Waals surface area contributed by atoms with Gasteiger partial charge in [0.05, 0.1) is 18.4 Å². The van der Waals surface area contributed by atoms with E-state index in [1.807, 2.05) is 0 Å². The molecule has 6 heteroatoms. The van der Waals surface area contributed by atoms with Crippen molar-refractivity contribution in [3.05, 3.63) is 53.3 Å². The molecule has 2 aromatic rings. The van der Waals surface area contributed by atoms with E-state index in [1.165, 1.54) is 19.2 Å². The first kappa shape index (κ1) is 14.6. The molecule has 0 radical (unpaired) electrons. The lowest BCUT2D eigenvalue weighted by atomic mass is 10.1. The van der Waals surface area contributed by atoms with Gasteiger partial charge >= 0.3 is 0 Å². The topological polar surface area (TPSA) is 84.6 Å². The number of amides is 1. The number of aromatic hydroxyl groups is 1. The minimum atomic E-state index is -0.776. The summed E-state index contributed by atoms with van der Waals surface area (Å²) in [7, 11) is 1.51. The second kappa shape index (κ2) is 6.13. The molecule has 0 aromatic heterocycles. The molecule has 0 spiro atoms. The van der Waals surface area contributed by atoms with Crippen molar-refractivity contribution >= 4 is 11.6 Å². The quantitative estimate of drug-likeness (QED) is 0.752. The lowest BCUT2D eigenvalue weighted by molar-refractivity contribution is 0.0947. The van der Waals surface area contributed by atoms with Gasteiger partial charge in [-0.25, -0.2) is 4.39 Å². The number of nitrogens with two attached hydrogens (primary N) is 1. The van der Waals surface area contributed by atoms with Crippen LogP contribution in [0.1, 0.15) is 15.9 Å². The minimum absolute atomic E-state index is 0.130. The monoisotopic (exact) mass is 290 g/mol. The zero-order chi connectivity index (χ0) is 15.4. The molecule has 1 amide bonds. The highest BCUT2D eigenvalue weighted by Crippen LogP contribution is 2.22. The predicted octanol–water partition coefficient (Wildman–Crippen LogP) is 2.05. The van der Waals surface area contributed by atoms with E-state index in [1.54, 1.807) is 18.2 Å². The van der Waals surface area contributed by atoms with Crippen LogP contribution in [0, 0.1) is 5.82 Å². The van der Waals surface area contributed by atoms with Crippen LogP contribution in [0.4, 0.5) is 10.1 Å². The van der Waals surface area contributed by atoms with Gasteiger partial charge in [-0.1, -0.05) is 6.07 Å². The molecular weight excluding hydrogens is 275 g/mol. The summed E-state index contributed by atoms with van der Waals surface area (Å²) in [6.07, 6.45) is 0. The molecule has 0 unspecified atom stereocenters. The Morgan fingerprint density at radius 3 is 2.71 bits per heavy atom. The fraction of sp³-hybridized carbons (Fsp3) is 0.133. The highest BCUT2D eigenvalue weighted by molar-refractivity contribution is 5.94. The summed E-state index contributed by atoms with van der Waals surface area (Å²) in [6.45, 7) is 0.202. The van der Waals surface area contributed by atoms with Gasteiger partial charge in [0.25, 0.3) is 5.91 Å². The van der Waals surface area contributed by atoms with Gasteiger partial charge < -0.3 is 20.9 Å². The Hall–Kier alpha value is -2.76. The normalized spacial score (nSPS) is 10.2. The van der Waals surface area contributed by atoms with Gasteiger partial charge in [-0.3, -0.25) is 4.79 Å². The summed E-state index contributed by atoms with van der Waals surface area (Å²) in [5, 5.41) is 11.7. The number of carbonyl (C=O) groups excluding carboxylic acids is 1. The molecule has 21 heavy (non-hydrogen) atoms. The average molecular weight is 290 g/mol. The molecule has 110 valence electrons. The molecule has 5 nitrogen and oxygen atoms in total. The molecule has 0 bridgehead atoms. The van der Waals surface area contributed by atoms with Gasteiger partial charge in [0.15, 0.2) is 0 Å². The zero-order valence-electron chi connectivity index (χ0n) is 11.4. The number of hydrogen-bond donors (Lipinski definition) is 3. The second-order valence-corrected chi connectivity index (χ2v) is 4.42. The third kappa shape index (κ3) is 3.42. The van der Waals surface area contributed by atoms with E-state index >= 15 is 0 Å². The Balaban J connectivity index is 2.05. The molecule has 2 rings (SSSR count). The van der Waals surface area contributed by atoms with E-state index in [0.717, 1.165) is 11.6 Å². The number of halogens is 1. The highest BCUT2D eigenvalue weighted by atomic mass is 19.1. The van der Waals surface area contributed by atoms with Gasteiger partial charge in [-0.05, 0) is 29.8 Å². The Labute approximate surface area is 121 Å². The largest absolute Gasteiger partial charge is 0.508 e. The van der Waals surface area contributed by atoms with Crippen molar-refractivity contribution in [3.63, 3.8) is 0 Å². The molecule has 2 aromatic carbocycles. The van der Waals surface area contributed by atoms with Gasteiger partial charge in [-0.2, -0.15) is 0 Å². The number of anilines is 1. The Morgan fingerprint density at radius 1 is 1.33 bits per heavy atom. The number of phenolic OH excluding ortho intramolecular Hbond substituents is 1. The number of methoxy groups -OCH3 is 1. The van der Waals surface area contributed by atoms with Gasteiger partial charge in [-0.15, -0.1) is 0 Å². The Morgan fingerprint density at radius 2 is 2.10 bits per heavy atom. The second-order valence-electron chi connectivity index (χ2n) is 4.42. The molecule has 0 atom stereocenters. The van der Waals surface area contributed by atoms with Gasteiger partial charge in [0.1, 0.15) is 17.3 Å². The Bertz CT molecular complexity index is 674. The highest BCUT2D eigenvalue weighted by Gasteiger charge is 2.12. The third-order valence-corrected chi connectivity index (χ3v) is 2.94. The van der Waals surface area contributed by atoms with Crippen LogP contribution in [0.5, 0.6) is 11.5 Å². The number of carbonyl (C=O) groups is 1. The van der Waals surface area contributed by atoms with E-state index < -0.39 is 11.7 Å². The van der Waals surface area contributed by atoms with E-state index in [2.05, 4.69) is 5.32 Å². The molecular formula is C15H15FN2O3. The summed E-state index contributed by atoms with van der Waals surface area (Å²) in [5.74, 6) is -1.02. The van der Waals surface area contributed by atoms with Crippen LogP contribution in [-0.4, -0.2) is 18.1 Å². The molecule has 0 aliphatic heterocycles. The predicted molar refractivity (Wildman–Crippen MR) is 76.6 cm³/mol. The van der Waals surface area contributed by atoms with Crippen molar-refractivity contribution in [2.24, 2.45) is 0 Å². The maximum Gasteiger partial charge on any atom is 0.254 e. The number of rotatable bonds is 4. The molecule has 0 fully saturated rings. The van der Waals surface area contributed by atoms with E-state index in [-0.39, 0.29) is 17.9 Å². The number of phenols is 1. The minimum Gasteiger partial charge on any atom is -0.508 e. The molecule has 4 N–H and O–H groups in total. The smallest absolute Gasteiger partial charge is 0.254 e. The van der Waals surface area contributed by atoms with Crippen LogP contribution < -0.4 is 15.8 Å². The van der Waals surface area contributed by atoms with Crippen LogP contribution >= 0.6 is 0 Å².